The molecule has 0 saturated carbocycles. The summed E-state index contributed by atoms with van der Waals surface area (Å²) in [5.41, 5.74) is 1.12. The topological polar surface area (TPSA) is 70.7 Å². The summed E-state index contributed by atoms with van der Waals surface area (Å²) < 4.78 is 1.57. The van der Waals surface area contributed by atoms with Gasteiger partial charge in [0.05, 0.1) is 11.6 Å². The Morgan fingerprint density at radius 3 is 3.00 bits per heavy atom. The van der Waals surface area contributed by atoms with Crippen molar-refractivity contribution in [1.82, 2.24) is 9.78 Å². The Labute approximate surface area is 105 Å². The zero-order valence-corrected chi connectivity index (χ0v) is 9.87. The van der Waals surface area contributed by atoms with Crippen molar-refractivity contribution in [3.63, 3.8) is 0 Å². The number of hydrogen-bond donors (Lipinski definition) is 1. The lowest BCUT2D eigenvalue weighted by Crippen LogP contribution is -2.23. The normalized spacial score (nSPS) is 11.6. The summed E-state index contributed by atoms with van der Waals surface area (Å²) >= 11 is 0. The van der Waals surface area contributed by atoms with Crippen molar-refractivity contribution in [2.24, 2.45) is 0 Å². The van der Waals surface area contributed by atoms with Gasteiger partial charge in [0.15, 0.2) is 0 Å². The van der Waals surface area contributed by atoms with Crippen molar-refractivity contribution in [3.05, 3.63) is 48.3 Å². The first-order valence-corrected chi connectivity index (χ1v) is 5.51. The molecule has 0 aliphatic carbocycles. The fraction of sp³-hybridized carbons (Fsp3) is 0.154. The third kappa shape index (κ3) is 2.55. The third-order valence-corrected chi connectivity index (χ3v) is 2.56. The fourth-order valence-corrected chi connectivity index (χ4v) is 1.54. The van der Waals surface area contributed by atoms with E-state index in [0.29, 0.717) is 11.3 Å². The molecule has 5 heteroatoms. The van der Waals surface area contributed by atoms with Gasteiger partial charge in [-0.25, -0.2) is 0 Å². The Balaban J connectivity index is 2.09. The first-order chi connectivity index (χ1) is 8.70. The molecular formula is C13H12N4O. The van der Waals surface area contributed by atoms with Crippen molar-refractivity contribution >= 4 is 11.6 Å². The second-order valence-electron chi connectivity index (χ2n) is 3.84. The molecule has 18 heavy (non-hydrogen) atoms. The zero-order chi connectivity index (χ0) is 13.0. The molecule has 0 radical (unpaired) electrons. The van der Waals surface area contributed by atoms with Crippen LogP contribution < -0.4 is 5.32 Å². The van der Waals surface area contributed by atoms with Crippen LogP contribution in [-0.4, -0.2) is 15.7 Å². The molecule has 0 aliphatic heterocycles. The van der Waals surface area contributed by atoms with Crippen molar-refractivity contribution in [2.75, 3.05) is 5.32 Å². The highest BCUT2D eigenvalue weighted by atomic mass is 16.2. The average molecular weight is 240 g/mol. The van der Waals surface area contributed by atoms with E-state index < -0.39 is 6.04 Å². The van der Waals surface area contributed by atoms with Crippen LogP contribution in [0.2, 0.25) is 0 Å². The highest BCUT2D eigenvalue weighted by Crippen LogP contribution is 2.12. The van der Waals surface area contributed by atoms with Crippen LogP contribution in [0, 0.1) is 11.3 Å². The molecule has 1 atom stereocenters. The van der Waals surface area contributed by atoms with Crippen LogP contribution in [0.4, 0.5) is 5.69 Å². The molecule has 0 bridgehead atoms. The van der Waals surface area contributed by atoms with Gasteiger partial charge in [-0.05, 0) is 31.2 Å². The molecule has 0 fully saturated rings. The molecule has 1 aromatic heterocycles. The van der Waals surface area contributed by atoms with Gasteiger partial charge >= 0.3 is 0 Å². The number of nitrogens with one attached hydrogen (secondary N) is 1. The molecule has 5 nitrogen and oxygen atoms in total. The molecule has 1 amide bonds. The molecule has 0 aliphatic rings. The van der Waals surface area contributed by atoms with Gasteiger partial charge < -0.3 is 5.32 Å². The number of carbonyl (C=O) groups excluding carboxylic acids is 1. The summed E-state index contributed by atoms with van der Waals surface area (Å²) in [6, 6.07) is 10.2. The summed E-state index contributed by atoms with van der Waals surface area (Å²) in [5, 5.41) is 15.5. The minimum Gasteiger partial charge on any atom is -0.324 e. The second-order valence-corrected chi connectivity index (χ2v) is 3.84. The lowest BCUT2D eigenvalue weighted by atomic mass is 10.2. The number of nitriles is 1. The van der Waals surface area contributed by atoms with Crippen LogP contribution in [0.25, 0.3) is 0 Å². The SMILES string of the molecule is CC(C(=O)Nc1cccc(C#N)c1)n1cccn1. The van der Waals surface area contributed by atoms with E-state index in [1.165, 1.54) is 0 Å². The number of aromatic nitrogens is 2. The van der Waals surface area contributed by atoms with E-state index in [1.54, 1.807) is 54.3 Å². The van der Waals surface area contributed by atoms with Crippen LogP contribution in [-0.2, 0) is 4.79 Å². The Kier molecular flexibility index (Phi) is 3.39. The van der Waals surface area contributed by atoms with Gasteiger partial charge in [-0.3, -0.25) is 9.48 Å². The molecule has 2 rings (SSSR count). The largest absolute Gasteiger partial charge is 0.324 e. The Bertz CT molecular complexity index is 583. The van der Waals surface area contributed by atoms with Crippen molar-refractivity contribution < 1.29 is 4.79 Å². The van der Waals surface area contributed by atoms with Crippen molar-refractivity contribution in [2.45, 2.75) is 13.0 Å². The van der Waals surface area contributed by atoms with E-state index in [0.717, 1.165) is 0 Å². The number of amides is 1. The summed E-state index contributed by atoms with van der Waals surface area (Å²) in [7, 11) is 0. The first-order valence-electron chi connectivity index (χ1n) is 5.51. The monoisotopic (exact) mass is 240 g/mol. The van der Waals surface area contributed by atoms with Gasteiger partial charge in [0.25, 0.3) is 0 Å². The van der Waals surface area contributed by atoms with Crippen LogP contribution in [0.15, 0.2) is 42.7 Å². The van der Waals surface area contributed by atoms with E-state index in [2.05, 4.69) is 10.4 Å². The van der Waals surface area contributed by atoms with Gasteiger partial charge in [0.1, 0.15) is 6.04 Å². The lowest BCUT2D eigenvalue weighted by molar-refractivity contribution is -0.119. The number of benzene rings is 1. The predicted molar refractivity (Wildman–Crippen MR) is 66.7 cm³/mol. The van der Waals surface area contributed by atoms with Gasteiger partial charge in [-0.1, -0.05) is 6.07 Å². The molecule has 0 spiro atoms. The Morgan fingerprint density at radius 1 is 1.50 bits per heavy atom. The molecular weight excluding hydrogens is 228 g/mol. The van der Waals surface area contributed by atoms with Gasteiger partial charge in [0.2, 0.25) is 5.91 Å². The molecule has 1 aromatic carbocycles. The van der Waals surface area contributed by atoms with E-state index in [1.807, 2.05) is 6.07 Å². The maximum absolute atomic E-state index is 12.0. The number of hydrogen-bond acceptors (Lipinski definition) is 3. The fourth-order valence-electron chi connectivity index (χ4n) is 1.54. The van der Waals surface area contributed by atoms with Crippen LogP contribution in [0.1, 0.15) is 18.5 Å². The quantitative estimate of drug-likeness (QED) is 0.891. The number of nitrogens with zero attached hydrogens (tertiary/aromatic N) is 3. The van der Waals surface area contributed by atoms with Crippen LogP contribution in [0.5, 0.6) is 0 Å². The number of rotatable bonds is 3. The van der Waals surface area contributed by atoms with Gasteiger partial charge in [-0.2, -0.15) is 10.4 Å². The minimum absolute atomic E-state index is 0.172. The average Bonchev–Trinajstić information content (AvgIpc) is 2.92. The van der Waals surface area contributed by atoms with Crippen molar-refractivity contribution in [1.29, 1.82) is 5.26 Å². The lowest BCUT2D eigenvalue weighted by Gasteiger charge is -2.12. The zero-order valence-electron chi connectivity index (χ0n) is 9.87. The van der Waals surface area contributed by atoms with Crippen LogP contribution >= 0.6 is 0 Å². The molecule has 2 aromatic rings. The molecule has 0 saturated heterocycles. The molecule has 1 unspecified atom stereocenters. The predicted octanol–water partition coefficient (Wildman–Crippen LogP) is 1.95. The smallest absolute Gasteiger partial charge is 0.248 e. The van der Waals surface area contributed by atoms with E-state index >= 15 is 0 Å². The molecule has 1 N–H and O–H groups in total. The maximum atomic E-state index is 12.0. The van der Waals surface area contributed by atoms with E-state index in [-0.39, 0.29) is 5.91 Å². The van der Waals surface area contributed by atoms with Crippen molar-refractivity contribution in [3.8, 4) is 6.07 Å². The van der Waals surface area contributed by atoms with Crippen LogP contribution in [0.3, 0.4) is 0 Å². The standard InChI is InChI=1S/C13H12N4O/c1-10(17-7-3-6-15-17)13(18)16-12-5-2-4-11(8-12)9-14/h2-8,10H,1H3,(H,16,18). The van der Waals surface area contributed by atoms with Gasteiger partial charge in [-0.15, -0.1) is 0 Å². The number of carbonyl (C=O) groups is 1. The summed E-state index contributed by atoms with van der Waals surface area (Å²) in [6.45, 7) is 1.76. The minimum atomic E-state index is -0.397. The molecule has 90 valence electrons. The Hall–Kier alpha value is -2.61. The van der Waals surface area contributed by atoms with Gasteiger partial charge in [0, 0.05) is 18.1 Å². The third-order valence-electron chi connectivity index (χ3n) is 2.56. The molecule has 1 heterocycles. The second kappa shape index (κ2) is 5.15. The Morgan fingerprint density at radius 2 is 2.33 bits per heavy atom. The van der Waals surface area contributed by atoms with E-state index in [4.69, 9.17) is 5.26 Å². The summed E-state index contributed by atoms with van der Waals surface area (Å²) in [5.74, 6) is -0.172. The van der Waals surface area contributed by atoms with E-state index in [9.17, 15) is 4.79 Å². The first kappa shape index (κ1) is 11.9. The highest BCUT2D eigenvalue weighted by molar-refractivity contribution is 5.93. The number of anilines is 1. The summed E-state index contributed by atoms with van der Waals surface area (Å²) in [6.07, 6.45) is 3.36. The maximum Gasteiger partial charge on any atom is 0.248 e. The summed E-state index contributed by atoms with van der Waals surface area (Å²) in [4.78, 5) is 12.0. The highest BCUT2D eigenvalue weighted by Gasteiger charge is 2.14.